The van der Waals surface area contributed by atoms with Gasteiger partial charge in [0.1, 0.15) is 17.8 Å². The Labute approximate surface area is 253 Å². The van der Waals surface area contributed by atoms with Gasteiger partial charge < -0.3 is 30.3 Å². The third-order valence-electron chi connectivity index (χ3n) is 8.49. The van der Waals surface area contributed by atoms with Crippen molar-refractivity contribution in [2.75, 3.05) is 6.54 Å². The van der Waals surface area contributed by atoms with Gasteiger partial charge >= 0.3 is 13.3 Å². The van der Waals surface area contributed by atoms with Gasteiger partial charge in [-0.1, -0.05) is 51.1 Å². The van der Waals surface area contributed by atoms with Gasteiger partial charge in [-0.15, -0.1) is 0 Å². The molecule has 1 saturated heterocycles. The molecule has 3 aromatic rings. The predicted molar refractivity (Wildman–Crippen MR) is 160 cm³/mol. The highest BCUT2D eigenvalue weighted by Gasteiger charge is 2.50. The van der Waals surface area contributed by atoms with Gasteiger partial charge in [0.25, 0.3) is 5.91 Å². The minimum Gasteiger partial charge on any atom is -0.351 e. The van der Waals surface area contributed by atoms with Gasteiger partial charge in [-0.25, -0.2) is 0 Å². The fourth-order valence-electron chi connectivity index (χ4n) is 6.11. The van der Waals surface area contributed by atoms with Crippen molar-refractivity contribution in [2.24, 2.45) is 5.41 Å². The van der Waals surface area contributed by atoms with Crippen LogP contribution in [-0.2, 0) is 26.2 Å². The fraction of sp³-hybridized carbons (Fsp3) is 0.452. The van der Waals surface area contributed by atoms with Crippen LogP contribution in [0.4, 0.5) is 8.78 Å². The van der Waals surface area contributed by atoms with Gasteiger partial charge in [-0.05, 0) is 66.8 Å². The molecule has 44 heavy (non-hydrogen) atoms. The molecule has 2 aliphatic rings. The van der Waals surface area contributed by atoms with Crippen molar-refractivity contribution in [3.05, 3.63) is 70.9 Å². The zero-order valence-corrected chi connectivity index (χ0v) is 25.7. The number of nitrogens with zero attached hydrogens (tertiary/aromatic N) is 1. The molecule has 5 N–H and O–H groups in total. The molecule has 10 nitrogen and oxygen atoms in total. The molecular formula is C31H37F2N4O6P. The molecule has 3 atom stereocenters. The zero-order chi connectivity index (χ0) is 32.0. The minimum atomic E-state index is -5.77. The lowest BCUT2D eigenvalue weighted by Crippen LogP contribution is -2.57. The summed E-state index contributed by atoms with van der Waals surface area (Å²) < 4.78 is 39.8. The zero-order valence-electron chi connectivity index (χ0n) is 24.8. The molecule has 1 fully saturated rings. The summed E-state index contributed by atoms with van der Waals surface area (Å²) >= 11 is 0. The SMILES string of the molecule is CC(C)(C)C(NC(=O)c1cc2cc(C(F)(F)P(=O)(O)O)ccc2[nH]1)C(=O)N1CCCC1C(=O)N[C@@H]1CCCc2ccccc21. The smallest absolute Gasteiger partial charge is 0.351 e. The molecule has 236 valence electrons. The molecule has 13 heteroatoms. The molecule has 1 aliphatic carbocycles. The van der Waals surface area contributed by atoms with E-state index in [0.29, 0.717) is 24.9 Å². The van der Waals surface area contributed by atoms with E-state index in [-0.39, 0.29) is 23.0 Å². The molecule has 3 amide bonds. The number of amides is 3. The Balaban J connectivity index is 1.33. The molecule has 0 radical (unpaired) electrons. The van der Waals surface area contributed by atoms with Crippen molar-refractivity contribution >= 4 is 36.2 Å². The highest BCUT2D eigenvalue weighted by Crippen LogP contribution is 2.59. The number of nitrogens with one attached hydrogen (secondary N) is 3. The number of hydrogen-bond acceptors (Lipinski definition) is 4. The fourth-order valence-corrected chi connectivity index (χ4v) is 6.58. The van der Waals surface area contributed by atoms with Crippen LogP contribution < -0.4 is 10.6 Å². The Morgan fingerprint density at radius 3 is 2.48 bits per heavy atom. The van der Waals surface area contributed by atoms with E-state index in [1.165, 1.54) is 22.6 Å². The summed E-state index contributed by atoms with van der Waals surface area (Å²) in [5.41, 5.74) is -3.46. The van der Waals surface area contributed by atoms with Gasteiger partial charge in [0.05, 0.1) is 6.04 Å². The lowest BCUT2D eigenvalue weighted by Gasteiger charge is -2.36. The Hall–Kier alpha value is -3.60. The second-order valence-corrected chi connectivity index (χ2v) is 14.3. The van der Waals surface area contributed by atoms with Crippen LogP contribution in [0.15, 0.2) is 48.5 Å². The van der Waals surface area contributed by atoms with E-state index in [1.54, 1.807) is 20.8 Å². The summed E-state index contributed by atoms with van der Waals surface area (Å²) in [6.07, 6.45) is 3.86. The van der Waals surface area contributed by atoms with Crippen molar-refractivity contribution in [2.45, 2.75) is 76.7 Å². The average Bonchev–Trinajstić information content (AvgIpc) is 3.62. The van der Waals surface area contributed by atoms with Crippen LogP contribution in [0, 0.1) is 5.41 Å². The topological polar surface area (TPSA) is 152 Å². The second kappa shape index (κ2) is 11.7. The standard InChI is InChI=1S/C31H37F2N4O6P/c1-30(2,3)26(36-27(38)24-17-19-16-20(13-14-22(19)34-24)31(32,33)44(41,42)43)29(40)37-15-7-12-25(37)28(39)35-23-11-6-9-18-8-4-5-10-21(18)23/h4-5,8,10,13-14,16-17,23,25-26,34H,6-7,9,11-12,15H2,1-3H3,(H,35,39)(H,36,38)(H2,41,42,43)/t23-,25?,26?/m1/s1. The van der Waals surface area contributed by atoms with E-state index in [2.05, 4.69) is 21.7 Å². The molecule has 0 spiro atoms. The number of alkyl halides is 2. The first-order chi connectivity index (χ1) is 20.6. The molecule has 0 bridgehead atoms. The summed E-state index contributed by atoms with van der Waals surface area (Å²) in [6, 6.07) is 10.5. The van der Waals surface area contributed by atoms with Crippen molar-refractivity contribution in [3.8, 4) is 0 Å². The summed E-state index contributed by atoms with van der Waals surface area (Å²) in [5.74, 6) is -1.29. The van der Waals surface area contributed by atoms with Gasteiger partial charge in [0.15, 0.2) is 0 Å². The Kier molecular flexibility index (Phi) is 8.48. The van der Waals surface area contributed by atoms with Gasteiger partial charge in [0, 0.05) is 23.0 Å². The van der Waals surface area contributed by atoms with Gasteiger partial charge in [-0.3, -0.25) is 18.9 Å². The maximum Gasteiger partial charge on any atom is 0.399 e. The Morgan fingerprint density at radius 2 is 1.77 bits per heavy atom. The third kappa shape index (κ3) is 6.16. The lowest BCUT2D eigenvalue weighted by atomic mass is 9.85. The second-order valence-electron chi connectivity index (χ2n) is 12.7. The van der Waals surface area contributed by atoms with Crippen molar-refractivity contribution < 1.29 is 37.5 Å². The average molecular weight is 631 g/mol. The van der Waals surface area contributed by atoms with Crippen LogP contribution in [0.5, 0.6) is 0 Å². The van der Waals surface area contributed by atoms with Gasteiger partial charge in [0.2, 0.25) is 11.8 Å². The molecular weight excluding hydrogens is 593 g/mol. The molecule has 5 rings (SSSR count). The first-order valence-corrected chi connectivity index (χ1v) is 16.3. The first-order valence-electron chi connectivity index (χ1n) is 14.6. The Morgan fingerprint density at radius 1 is 1.05 bits per heavy atom. The van der Waals surface area contributed by atoms with E-state index >= 15 is 0 Å². The molecule has 2 heterocycles. The summed E-state index contributed by atoms with van der Waals surface area (Å²) in [7, 11) is -5.77. The molecule has 1 aromatic heterocycles. The number of H-pyrrole nitrogens is 1. The highest BCUT2D eigenvalue weighted by atomic mass is 31.2. The maximum absolute atomic E-state index is 14.3. The van der Waals surface area contributed by atoms with Crippen LogP contribution in [0.3, 0.4) is 0 Å². The number of benzene rings is 2. The summed E-state index contributed by atoms with van der Waals surface area (Å²) in [6.45, 7) is 5.74. The van der Waals surface area contributed by atoms with E-state index < -0.39 is 48.1 Å². The van der Waals surface area contributed by atoms with Crippen molar-refractivity contribution in [3.63, 3.8) is 0 Å². The van der Waals surface area contributed by atoms with E-state index in [9.17, 15) is 27.7 Å². The van der Waals surface area contributed by atoms with Gasteiger partial charge in [-0.2, -0.15) is 8.78 Å². The van der Waals surface area contributed by atoms with E-state index in [4.69, 9.17) is 9.79 Å². The largest absolute Gasteiger partial charge is 0.399 e. The normalized spacial score (nSPS) is 19.8. The number of carbonyl (C=O) groups is 3. The number of fused-ring (bicyclic) bond motifs is 2. The van der Waals surface area contributed by atoms with E-state index in [0.717, 1.165) is 37.0 Å². The highest BCUT2D eigenvalue weighted by molar-refractivity contribution is 7.52. The lowest BCUT2D eigenvalue weighted by molar-refractivity contribution is -0.142. The molecule has 0 saturated carbocycles. The summed E-state index contributed by atoms with van der Waals surface area (Å²) in [4.78, 5) is 63.3. The van der Waals surface area contributed by atoms with Crippen molar-refractivity contribution in [1.82, 2.24) is 20.5 Å². The number of halogens is 2. The maximum atomic E-state index is 14.3. The predicted octanol–water partition coefficient (Wildman–Crippen LogP) is 4.72. The quantitative estimate of drug-likeness (QED) is 0.238. The molecule has 1 aliphatic heterocycles. The van der Waals surface area contributed by atoms with Crippen molar-refractivity contribution in [1.29, 1.82) is 0 Å². The number of rotatable bonds is 7. The van der Waals surface area contributed by atoms with Crippen LogP contribution in [-0.4, -0.2) is 56.0 Å². The number of likely N-dealkylation sites (tertiary alicyclic amines) is 1. The van der Waals surface area contributed by atoms with Crippen LogP contribution in [0.25, 0.3) is 10.9 Å². The molecule has 2 aromatic carbocycles. The number of aromatic amines is 1. The molecule has 2 unspecified atom stereocenters. The Bertz CT molecular complexity index is 1650. The van der Waals surface area contributed by atoms with E-state index in [1.807, 2.05) is 18.2 Å². The van der Waals surface area contributed by atoms with Crippen LogP contribution in [0.1, 0.15) is 79.7 Å². The number of carbonyl (C=O) groups excluding carboxylic acids is 3. The first kappa shape index (κ1) is 31.8. The van der Waals surface area contributed by atoms with Crippen LogP contribution >= 0.6 is 7.60 Å². The summed E-state index contributed by atoms with van der Waals surface area (Å²) in [5, 5.41) is 6.06. The minimum absolute atomic E-state index is 0.0228. The van der Waals surface area contributed by atoms with Crippen LogP contribution in [0.2, 0.25) is 0 Å². The number of aromatic nitrogens is 1. The number of aryl methyl sites for hydroxylation is 1. The third-order valence-corrected chi connectivity index (χ3v) is 9.48. The number of hydrogen-bond donors (Lipinski definition) is 5. The monoisotopic (exact) mass is 630 g/mol.